The van der Waals surface area contributed by atoms with Crippen LogP contribution in [0.2, 0.25) is 0 Å². The average molecular weight is 205 g/mol. The van der Waals surface area contributed by atoms with E-state index in [1.807, 2.05) is 6.07 Å². The van der Waals surface area contributed by atoms with Gasteiger partial charge in [0.05, 0.1) is 0 Å². The number of rotatable bonds is 2. The Morgan fingerprint density at radius 2 is 2.00 bits per heavy atom. The molecule has 1 aliphatic heterocycles. The third-order valence-electron chi connectivity index (χ3n) is 3.20. The zero-order valence-corrected chi connectivity index (χ0v) is 9.19. The summed E-state index contributed by atoms with van der Waals surface area (Å²) >= 11 is 0. The molecule has 2 N–H and O–H groups in total. The van der Waals surface area contributed by atoms with Gasteiger partial charge in [0.15, 0.2) is 0 Å². The topological polar surface area (TPSA) is 32.3 Å². The number of piperidine rings is 1. The van der Waals surface area contributed by atoms with Crippen molar-refractivity contribution in [3.8, 4) is 0 Å². The molecular formula is C13H19NO. The first-order chi connectivity index (χ1) is 7.29. The Hall–Kier alpha value is -0.860. The van der Waals surface area contributed by atoms with Gasteiger partial charge in [0, 0.05) is 18.7 Å². The fourth-order valence-corrected chi connectivity index (χ4v) is 2.48. The Morgan fingerprint density at radius 3 is 2.67 bits per heavy atom. The van der Waals surface area contributed by atoms with Crippen LogP contribution in [0.25, 0.3) is 0 Å². The summed E-state index contributed by atoms with van der Waals surface area (Å²) in [6.45, 7) is 2.51. The van der Waals surface area contributed by atoms with E-state index in [1.165, 1.54) is 5.56 Å². The lowest BCUT2D eigenvalue weighted by Gasteiger charge is -2.34. The molecule has 0 bridgehead atoms. The quantitative estimate of drug-likeness (QED) is 0.775. The van der Waals surface area contributed by atoms with Gasteiger partial charge in [-0.3, -0.25) is 0 Å². The molecule has 1 aromatic rings. The van der Waals surface area contributed by atoms with Crippen molar-refractivity contribution in [3.05, 3.63) is 35.9 Å². The SMILES string of the molecule is C[C@@H]1C[C@H](CO)C[C@@H](c2ccccc2)N1. The highest BCUT2D eigenvalue weighted by Gasteiger charge is 2.25. The molecule has 0 spiro atoms. The minimum Gasteiger partial charge on any atom is -0.396 e. The third-order valence-corrected chi connectivity index (χ3v) is 3.20. The molecule has 2 rings (SSSR count). The van der Waals surface area contributed by atoms with Gasteiger partial charge in [-0.15, -0.1) is 0 Å². The van der Waals surface area contributed by atoms with Crippen molar-refractivity contribution in [2.45, 2.75) is 31.8 Å². The minimum absolute atomic E-state index is 0.315. The first kappa shape index (κ1) is 10.7. The van der Waals surface area contributed by atoms with Gasteiger partial charge in [0.2, 0.25) is 0 Å². The Morgan fingerprint density at radius 1 is 1.27 bits per heavy atom. The summed E-state index contributed by atoms with van der Waals surface area (Å²) in [5, 5.41) is 12.8. The van der Waals surface area contributed by atoms with Crippen LogP contribution in [0.5, 0.6) is 0 Å². The largest absolute Gasteiger partial charge is 0.396 e. The van der Waals surface area contributed by atoms with Gasteiger partial charge in [0.1, 0.15) is 0 Å². The molecule has 0 radical (unpaired) electrons. The molecule has 15 heavy (non-hydrogen) atoms. The van der Waals surface area contributed by atoms with Gasteiger partial charge >= 0.3 is 0 Å². The molecule has 1 fully saturated rings. The molecule has 0 amide bonds. The fourth-order valence-electron chi connectivity index (χ4n) is 2.48. The third kappa shape index (κ3) is 2.58. The summed E-state index contributed by atoms with van der Waals surface area (Å²) in [6, 6.07) is 11.4. The standard InChI is InChI=1S/C13H19NO/c1-10-7-11(9-15)8-13(14-10)12-5-3-2-4-6-12/h2-6,10-11,13-15H,7-9H2,1H3/t10-,11+,13+/m1/s1. The van der Waals surface area contributed by atoms with E-state index in [4.69, 9.17) is 0 Å². The lowest BCUT2D eigenvalue weighted by molar-refractivity contribution is 0.156. The first-order valence-electron chi connectivity index (χ1n) is 5.71. The molecule has 1 saturated heterocycles. The fraction of sp³-hybridized carbons (Fsp3) is 0.538. The van der Waals surface area contributed by atoms with Gasteiger partial charge in [0.25, 0.3) is 0 Å². The predicted molar refractivity (Wildman–Crippen MR) is 61.6 cm³/mol. The van der Waals surface area contributed by atoms with E-state index in [2.05, 4.69) is 36.5 Å². The van der Waals surface area contributed by atoms with E-state index in [9.17, 15) is 5.11 Å². The zero-order valence-electron chi connectivity index (χ0n) is 9.19. The van der Waals surface area contributed by atoms with Gasteiger partial charge in [-0.25, -0.2) is 0 Å². The van der Waals surface area contributed by atoms with Crippen molar-refractivity contribution in [2.75, 3.05) is 6.61 Å². The number of hydrogen-bond donors (Lipinski definition) is 2. The van der Waals surface area contributed by atoms with Crippen LogP contribution in [0.3, 0.4) is 0 Å². The van der Waals surface area contributed by atoms with Gasteiger partial charge in [-0.2, -0.15) is 0 Å². The zero-order chi connectivity index (χ0) is 10.7. The predicted octanol–water partition coefficient (Wildman–Crippen LogP) is 2.11. The van der Waals surface area contributed by atoms with Crippen molar-refractivity contribution in [3.63, 3.8) is 0 Å². The van der Waals surface area contributed by atoms with Crippen LogP contribution < -0.4 is 5.32 Å². The normalized spacial score (nSPS) is 31.5. The number of nitrogens with one attached hydrogen (secondary N) is 1. The molecule has 1 heterocycles. The molecule has 3 atom stereocenters. The molecular weight excluding hydrogens is 186 g/mol. The molecule has 2 heteroatoms. The van der Waals surface area contributed by atoms with Crippen molar-refractivity contribution >= 4 is 0 Å². The summed E-state index contributed by atoms with van der Waals surface area (Å²) in [5.41, 5.74) is 1.34. The molecule has 1 aliphatic rings. The summed E-state index contributed by atoms with van der Waals surface area (Å²) in [4.78, 5) is 0. The van der Waals surface area contributed by atoms with Gasteiger partial charge in [-0.05, 0) is 31.2 Å². The highest BCUT2D eigenvalue weighted by atomic mass is 16.3. The summed E-state index contributed by atoms with van der Waals surface area (Å²) in [6.07, 6.45) is 2.13. The highest BCUT2D eigenvalue weighted by molar-refractivity contribution is 5.19. The Labute approximate surface area is 91.3 Å². The molecule has 0 aromatic heterocycles. The van der Waals surface area contributed by atoms with E-state index in [0.29, 0.717) is 24.6 Å². The van der Waals surface area contributed by atoms with E-state index < -0.39 is 0 Å². The van der Waals surface area contributed by atoms with Gasteiger partial charge in [-0.1, -0.05) is 30.3 Å². The van der Waals surface area contributed by atoms with Gasteiger partial charge < -0.3 is 10.4 Å². The summed E-state index contributed by atoms with van der Waals surface area (Å²) in [5.74, 6) is 0.450. The van der Waals surface area contributed by atoms with Crippen LogP contribution >= 0.6 is 0 Å². The second kappa shape index (κ2) is 4.77. The Bertz CT molecular complexity index is 299. The highest BCUT2D eigenvalue weighted by Crippen LogP contribution is 2.29. The molecule has 0 aliphatic carbocycles. The maximum atomic E-state index is 9.25. The monoisotopic (exact) mass is 205 g/mol. The van der Waals surface area contributed by atoms with Crippen LogP contribution in [0, 0.1) is 5.92 Å². The smallest absolute Gasteiger partial charge is 0.0460 e. The van der Waals surface area contributed by atoms with Crippen LogP contribution in [-0.2, 0) is 0 Å². The molecule has 2 nitrogen and oxygen atoms in total. The Kier molecular flexibility index (Phi) is 3.39. The van der Waals surface area contributed by atoms with E-state index in [0.717, 1.165) is 12.8 Å². The summed E-state index contributed by atoms with van der Waals surface area (Å²) < 4.78 is 0. The second-order valence-electron chi connectivity index (χ2n) is 4.55. The summed E-state index contributed by atoms with van der Waals surface area (Å²) in [7, 11) is 0. The lowest BCUT2D eigenvalue weighted by Crippen LogP contribution is -2.39. The average Bonchev–Trinajstić information content (AvgIpc) is 2.29. The number of aliphatic hydroxyl groups is 1. The van der Waals surface area contributed by atoms with Crippen LogP contribution in [0.4, 0.5) is 0 Å². The van der Waals surface area contributed by atoms with Crippen molar-refractivity contribution in [1.82, 2.24) is 5.32 Å². The van der Waals surface area contributed by atoms with E-state index in [-0.39, 0.29) is 0 Å². The minimum atomic E-state index is 0.315. The molecule has 82 valence electrons. The second-order valence-corrected chi connectivity index (χ2v) is 4.55. The van der Waals surface area contributed by atoms with E-state index >= 15 is 0 Å². The molecule has 0 unspecified atom stereocenters. The lowest BCUT2D eigenvalue weighted by atomic mass is 9.86. The number of benzene rings is 1. The molecule has 1 aromatic carbocycles. The maximum absolute atomic E-state index is 9.25. The van der Waals surface area contributed by atoms with Crippen LogP contribution in [0.15, 0.2) is 30.3 Å². The van der Waals surface area contributed by atoms with Crippen molar-refractivity contribution < 1.29 is 5.11 Å². The Balaban J connectivity index is 2.09. The van der Waals surface area contributed by atoms with Crippen molar-refractivity contribution in [2.24, 2.45) is 5.92 Å². The first-order valence-corrected chi connectivity index (χ1v) is 5.71. The van der Waals surface area contributed by atoms with Crippen LogP contribution in [-0.4, -0.2) is 17.8 Å². The molecule has 0 saturated carbocycles. The van der Waals surface area contributed by atoms with Crippen LogP contribution in [0.1, 0.15) is 31.4 Å². The van der Waals surface area contributed by atoms with E-state index in [1.54, 1.807) is 0 Å². The van der Waals surface area contributed by atoms with Crippen molar-refractivity contribution in [1.29, 1.82) is 0 Å². The number of aliphatic hydroxyl groups excluding tert-OH is 1. The number of hydrogen-bond acceptors (Lipinski definition) is 2. The maximum Gasteiger partial charge on any atom is 0.0460 e.